The topological polar surface area (TPSA) is 0 Å². The van der Waals surface area contributed by atoms with Crippen LogP contribution in [-0.4, -0.2) is 6.18 Å². The van der Waals surface area contributed by atoms with Crippen LogP contribution in [0.3, 0.4) is 0 Å². The summed E-state index contributed by atoms with van der Waals surface area (Å²) < 4.78 is 34.4. The van der Waals surface area contributed by atoms with E-state index in [0.29, 0.717) is 6.08 Å². The lowest BCUT2D eigenvalue weighted by molar-refractivity contribution is -0.0912. The first-order chi connectivity index (χ1) is 3.98. The van der Waals surface area contributed by atoms with Crippen LogP contribution in [0.25, 0.3) is 0 Å². The van der Waals surface area contributed by atoms with E-state index in [-0.39, 0.29) is 0 Å². The number of alkyl halides is 3. The Morgan fingerprint density at radius 2 is 2.00 bits per heavy atom. The van der Waals surface area contributed by atoms with Gasteiger partial charge in [-0.15, -0.1) is 6.42 Å². The highest BCUT2D eigenvalue weighted by atomic mass is 19.4. The van der Waals surface area contributed by atoms with Gasteiger partial charge in [0.25, 0.3) is 0 Å². The monoisotopic (exact) mass is 134 g/mol. The van der Waals surface area contributed by atoms with E-state index in [1.807, 2.05) is 0 Å². The van der Waals surface area contributed by atoms with Gasteiger partial charge in [-0.2, -0.15) is 13.2 Å². The molecule has 0 N–H and O–H groups in total. The molecule has 0 heterocycles. The number of rotatable bonds is 0. The first-order valence-corrected chi connectivity index (χ1v) is 2.18. The van der Waals surface area contributed by atoms with Gasteiger partial charge < -0.3 is 0 Å². The second-order valence-electron chi connectivity index (χ2n) is 1.49. The van der Waals surface area contributed by atoms with Crippen LogP contribution >= 0.6 is 0 Å². The third kappa shape index (κ3) is 2.81. The van der Waals surface area contributed by atoms with Crippen molar-refractivity contribution in [1.29, 1.82) is 0 Å². The summed E-state index contributed by atoms with van der Waals surface area (Å²) in [6.45, 7) is 0.930. The second kappa shape index (κ2) is 2.58. The maximum Gasteiger partial charge on any atom is 0.413 e. The molecule has 0 saturated carbocycles. The molecule has 0 fully saturated rings. The van der Waals surface area contributed by atoms with E-state index in [2.05, 4.69) is 6.42 Å². The lowest BCUT2D eigenvalue weighted by Gasteiger charge is -2.02. The van der Waals surface area contributed by atoms with Crippen LogP contribution in [0.5, 0.6) is 0 Å². The Morgan fingerprint density at radius 1 is 1.56 bits per heavy atom. The Bertz CT molecular complexity index is 156. The average Bonchev–Trinajstić information content (AvgIpc) is 1.64. The van der Waals surface area contributed by atoms with Crippen molar-refractivity contribution in [1.82, 2.24) is 0 Å². The molecular formula is C6H5F3. The summed E-state index contributed by atoms with van der Waals surface area (Å²) in [5.74, 6) is 1.79. The number of hydrogen-bond acceptors (Lipinski definition) is 0. The van der Waals surface area contributed by atoms with E-state index in [1.54, 1.807) is 5.92 Å². The predicted octanol–water partition coefficient (Wildman–Crippen LogP) is 2.13. The van der Waals surface area contributed by atoms with E-state index in [1.165, 1.54) is 0 Å². The zero-order chi connectivity index (χ0) is 7.49. The Morgan fingerprint density at radius 3 is 2.11 bits per heavy atom. The maximum atomic E-state index is 11.5. The lowest BCUT2D eigenvalue weighted by atomic mass is 10.3. The minimum absolute atomic E-state index is 0.694. The maximum absolute atomic E-state index is 11.5. The van der Waals surface area contributed by atoms with Crippen LogP contribution in [0, 0.1) is 12.3 Å². The number of terminal acetylenes is 1. The Hall–Kier alpha value is -0.910. The molecule has 0 aliphatic heterocycles. The molecule has 9 heavy (non-hydrogen) atoms. The van der Waals surface area contributed by atoms with Gasteiger partial charge >= 0.3 is 6.18 Å². The Balaban J connectivity index is 4.25. The van der Waals surface area contributed by atoms with E-state index >= 15 is 0 Å². The van der Waals surface area contributed by atoms with Gasteiger partial charge in [0, 0.05) is 5.57 Å². The van der Waals surface area contributed by atoms with Crippen LogP contribution in [-0.2, 0) is 0 Å². The molecular weight excluding hydrogens is 129 g/mol. The summed E-state index contributed by atoms with van der Waals surface area (Å²) in [6.07, 6.45) is 1.02. The standard InChI is InChI=1S/C6H5F3/c1-3-4-5(2)6(7,8)9/h1,4H,2H3/b5-4+. The minimum atomic E-state index is -4.27. The SMILES string of the molecule is C#C/C=C(\C)C(F)(F)F. The third-order valence-electron chi connectivity index (χ3n) is 0.747. The molecule has 0 radical (unpaired) electrons. The van der Waals surface area contributed by atoms with Gasteiger partial charge in [-0.25, -0.2) is 0 Å². The summed E-state index contributed by atoms with van der Waals surface area (Å²) in [4.78, 5) is 0. The summed E-state index contributed by atoms with van der Waals surface area (Å²) in [6, 6.07) is 0. The highest BCUT2D eigenvalue weighted by Crippen LogP contribution is 2.23. The van der Waals surface area contributed by atoms with Gasteiger partial charge in [0.1, 0.15) is 0 Å². The lowest BCUT2D eigenvalue weighted by Crippen LogP contribution is -2.08. The molecule has 0 unspecified atom stereocenters. The smallest absolute Gasteiger partial charge is 0.166 e. The molecule has 0 amide bonds. The molecule has 0 nitrogen and oxygen atoms in total. The van der Waals surface area contributed by atoms with E-state index < -0.39 is 11.7 Å². The van der Waals surface area contributed by atoms with Gasteiger partial charge in [0.2, 0.25) is 0 Å². The van der Waals surface area contributed by atoms with Crippen molar-refractivity contribution in [3.8, 4) is 12.3 Å². The van der Waals surface area contributed by atoms with Crippen molar-refractivity contribution < 1.29 is 13.2 Å². The van der Waals surface area contributed by atoms with Crippen molar-refractivity contribution in [3.05, 3.63) is 11.6 Å². The van der Waals surface area contributed by atoms with Crippen LogP contribution in [0.15, 0.2) is 11.6 Å². The summed E-state index contributed by atoms with van der Waals surface area (Å²) in [5, 5.41) is 0. The molecule has 0 atom stereocenters. The van der Waals surface area contributed by atoms with Crippen molar-refractivity contribution in [2.75, 3.05) is 0 Å². The predicted molar refractivity (Wildman–Crippen MR) is 28.6 cm³/mol. The largest absolute Gasteiger partial charge is 0.413 e. The van der Waals surface area contributed by atoms with Crippen molar-refractivity contribution in [3.63, 3.8) is 0 Å². The zero-order valence-electron chi connectivity index (χ0n) is 4.79. The summed E-state index contributed by atoms with van der Waals surface area (Å²) in [7, 11) is 0. The molecule has 0 rings (SSSR count). The van der Waals surface area contributed by atoms with E-state index in [4.69, 9.17) is 0 Å². The van der Waals surface area contributed by atoms with Crippen molar-refractivity contribution in [2.45, 2.75) is 13.1 Å². The van der Waals surface area contributed by atoms with Gasteiger partial charge in [-0.1, -0.05) is 5.92 Å². The molecule has 0 aromatic rings. The van der Waals surface area contributed by atoms with Crippen LogP contribution in [0.4, 0.5) is 13.2 Å². The van der Waals surface area contributed by atoms with Crippen LogP contribution in [0.2, 0.25) is 0 Å². The Kier molecular flexibility index (Phi) is 2.32. The van der Waals surface area contributed by atoms with E-state index in [0.717, 1.165) is 6.92 Å². The molecule has 3 heteroatoms. The fourth-order valence-corrected chi connectivity index (χ4v) is 0.207. The quantitative estimate of drug-likeness (QED) is 0.445. The summed E-state index contributed by atoms with van der Waals surface area (Å²) in [5.41, 5.74) is -0.745. The highest BCUT2D eigenvalue weighted by Gasteiger charge is 2.29. The Labute approximate surface area is 51.4 Å². The fourth-order valence-electron chi connectivity index (χ4n) is 0.207. The minimum Gasteiger partial charge on any atom is -0.166 e. The van der Waals surface area contributed by atoms with Crippen LogP contribution < -0.4 is 0 Å². The highest BCUT2D eigenvalue weighted by molar-refractivity contribution is 5.18. The molecule has 0 aromatic heterocycles. The molecule has 50 valence electrons. The van der Waals surface area contributed by atoms with Gasteiger partial charge in [-0.3, -0.25) is 0 Å². The van der Waals surface area contributed by atoms with Crippen LogP contribution in [0.1, 0.15) is 6.92 Å². The first-order valence-electron chi connectivity index (χ1n) is 2.18. The molecule has 0 bridgehead atoms. The number of hydrogen-bond donors (Lipinski definition) is 0. The molecule has 0 aliphatic rings. The molecule has 0 spiro atoms. The molecule has 0 aliphatic carbocycles. The third-order valence-corrected chi connectivity index (χ3v) is 0.747. The number of allylic oxidation sites excluding steroid dienone is 2. The normalized spacial score (nSPS) is 13.0. The van der Waals surface area contributed by atoms with Crippen molar-refractivity contribution in [2.24, 2.45) is 0 Å². The average molecular weight is 134 g/mol. The van der Waals surface area contributed by atoms with Gasteiger partial charge in [0.05, 0.1) is 0 Å². The number of halogens is 3. The summed E-state index contributed by atoms with van der Waals surface area (Å²) >= 11 is 0. The zero-order valence-corrected chi connectivity index (χ0v) is 4.79. The van der Waals surface area contributed by atoms with Gasteiger partial charge in [0.15, 0.2) is 0 Å². The van der Waals surface area contributed by atoms with Crippen molar-refractivity contribution >= 4 is 0 Å². The van der Waals surface area contributed by atoms with E-state index in [9.17, 15) is 13.2 Å². The fraction of sp³-hybridized carbons (Fsp3) is 0.333. The second-order valence-corrected chi connectivity index (χ2v) is 1.49. The molecule has 0 saturated heterocycles. The first kappa shape index (κ1) is 8.09. The molecule has 0 aromatic carbocycles. The van der Waals surface area contributed by atoms with Gasteiger partial charge in [-0.05, 0) is 13.0 Å².